The first kappa shape index (κ1) is 15.1. The summed E-state index contributed by atoms with van der Waals surface area (Å²) in [6.45, 7) is 5.85. The van der Waals surface area contributed by atoms with Gasteiger partial charge in [0, 0.05) is 13.6 Å². The van der Waals surface area contributed by atoms with Gasteiger partial charge in [0.15, 0.2) is 11.5 Å². The van der Waals surface area contributed by atoms with Gasteiger partial charge < -0.3 is 19.5 Å². The summed E-state index contributed by atoms with van der Waals surface area (Å²) in [7, 11) is 3.14. The van der Waals surface area contributed by atoms with Crippen LogP contribution < -0.4 is 4.74 Å². The molecule has 1 aromatic rings. The highest BCUT2D eigenvalue weighted by Crippen LogP contribution is 2.26. The van der Waals surface area contributed by atoms with Crippen LogP contribution in [-0.2, 0) is 11.3 Å². The molecule has 5 nitrogen and oxygen atoms in total. The number of phenolic OH excluding ortho intramolecular Hbond substituents is 1. The molecule has 0 unspecified atom stereocenters. The van der Waals surface area contributed by atoms with Crippen LogP contribution in [0.2, 0.25) is 0 Å². The van der Waals surface area contributed by atoms with Crippen molar-refractivity contribution in [1.82, 2.24) is 4.90 Å². The molecule has 0 bridgehead atoms. The molecule has 0 atom stereocenters. The number of benzene rings is 1. The van der Waals surface area contributed by atoms with Gasteiger partial charge in [-0.1, -0.05) is 6.07 Å². The van der Waals surface area contributed by atoms with Crippen LogP contribution in [0.25, 0.3) is 0 Å². The number of rotatable bonds is 3. The lowest BCUT2D eigenvalue weighted by Crippen LogP contribution is -2.33. The number of carbonyl (C=O) groups is 1. The summed E-state index contributed by atoms with van der Waals surface area (Å²) >= 11 is 0. The van der Waals surface area contributed by atoms with Gasteiger partial charge in [0.2, 0.25) is 0 Å². The molecular formula is C14H21NO4. The highest BCUT2D eigenvalue weighted by Gasteiger charge is 2.19. The maximum atomic E-state index is 11.8. The van der Waals surface area contributed by atoms with Crippen molar-refractivity contribution in [3.8, 4) is 11.5 Å². The number of methoxy groups -OCH3 is 1. The van der Waals surface area contributed by atoms with Crippen molar-refractivity contribution >= 4 is 6.09 Å². The van der Waals surface area contributed by atoms with Gasteiger partial charge in [0.05, 0.1) is 7.11 Å². The molecule has 1 rings (SSSR count). The minimum absolute atomic E-state index is 0.0752. The predicted molar refractivity (Wildman–Crippen MR) is 72.4 cm³/mol. The number of aromatic hydroxyl groups is 1. The third kappa shape index (κ3) is 4.69. The molecule has 0 fully saturated rings. The summed E-state index contributed by atoms with van der Waals surface area (Å²) in [6, 6.07) is 4.96. The van der Waals surface area contributed by atoms with Gasteiger partial charge in [-0.3, -0.25) is 0 Å². The van der Waals surface area contributed by atoms with E-state index in [1.165, 1.54) is 18.1 Å². The smallest absolute Gasteiger partial charge is 0.410 e. The average molecular weight is 267 g/mol. The minimum Gasteiger partial charge on any atom is -0.504 e. The normalized spacial score (nSPS) is 11.0. The van der Waals surface area contributed by atoms with Crippen LogP contribution in [0.15, 0.2) is 18.2 Å². The summed E-state index contributed by atoms with van der Waals surface area (Å²) in [5, 5.41) is 9.50. The molecule has 0 heterocycles. The van der Waals surface area contributed by atoms with E-state index < -0.39 is 5.60 Å². The molecule has 0 saturated heterocycles. The fraction of sp³-hybridized carbons (Fsp3) is 0.500. The van der Waals surface area contributed by atoms with Crippen molar-refractivity contribution in [1.29, 1.82) is 0 Å². The summed E-state index contributed by atoms with van der Waals surface area (Å²) in [5.74, 6) is 0.459. The number of nitrogens with zero attached hydrogens (tertiary/aromatic N) is 1. The van der Waals surface area contributed by atoms with Crippen molar-refractivity contribution in [3.05, 3.63) is 23.8 Å². The van der Waals surface area contributed by atoms with Crippen molar-refractivity contribution in [3.63, 3.8) is 0 Å². The van der Waals surface area contributed by atoms with E-state index in [-0.39, 0.29) is 11.8 Å². The number of carbonyl (C=O) groups excluding carboxylic acids is 1. The Balaban J connectivity index is 2.71. The van der Waals surface area contributed by atoms with E-state index in [2.05, 4.69) is 0 Å². The van der Waals surface area contributed by atoms with Gasteiger partial charge in [-0.2, -0.15) is 0 Å². The lowest BCUT2D eigenvalue weighted by molar-refractivity contribution is 0.0285. The van der Waals surface area contributed by atoms with E-state index in [1.807, 2.05) is 20.8 Å². The highest BCUT2D eigenvalue weighted by molar-refractivity contribution is 5.67. The van der Waals surface area contributed by atoms with Gasteiger partial charge in [-0.05, 0) is 38.5 Å². The first-order chi connectivity index (χ1) is 8.73. The maximum Gasteiger partial charge on any atom is 0.410 e. The Morgan fingerprint density at radius 2 is 2.00 bits per heavy atom. The topological polar surface area (TPSA) is 59.0 Å². The third-order valence-corrected chi connectivity index (χ3v) is 2.37. The van der Waals surface area contributed by atoms with E-state index in [0.29, 0.717) is 12.3 Å². The van der Waals surface area contributed by atoms with Crippen LogP contribution in [0.1, 0.15) is 26.3 Å². The molecular weight excluding hydrogens is 246 g/mol. The lowest BCUT2D eigenvalue weighted by Gasteiger charge is -2.24. The first-order valence-electron chi connectivity index (χ1n) is 6.03. The van der Waals surface area contributed by atoms with Crippen molar-refractivity contribution in [2.45, 2.75) is 32.9 Å². The highest BCUT2D eigenvalue weighted by atomic mass is 16.6. The predicted octanol–water partition coefficient (Wildman–Crippen LogP) is 2.77. The van der Waals surface area contributed by atoms with Crippen LogP contribution in [0.5, 0.6) is 11.5 Å². The zero-order valence-corrected chi connectivity index (χ0v) is 12.1. The Morgan fingerprint density at radius 3 is 2.53 bits per heavy atom. The summed E-state index contributed by atoms with van der Waals surface area (Å²) in [4.78, 5) is 13.3. The Labute approximate surface area is 113 Å². The van der Waals surface area contributed by atoms with Crippen LogP contribution in [0, 0.1) is 0 Å². The van der Waals surface area contributed by atoms with Crippen molar-refractivity contribution in [2.24, 2.45) is 0 Å². The van der Waals surface area contributed by atoms with Crippen LogP contribution >= 0.6 is 0 Å². The molecule has 0 saturated carbocycles. The largest absolute Gasteiger partial charge is 0.504 e. The summed E-state index contributed by atoms with van der Waals surface area (Å²) in [5.41, 5.74) is 0.334. The SMILES string of the molecule is COc1cc(CN(C)C(=O)OC(C)(C)C)ccc1O. The van der Waals surface area contributed by atoms with E-state index in [4.69, 9.17) is 9.47 Å². The van der Waals surface area contributed by atoms with E-state index in [9.17, 15) is 9.90 Å². The van der Waals surface area contributed by atoms with E-state index >= 15 is 0 Å². The van der Waals surface area contributed by atoms with E-state index in [0.717, 1.165) is 5.56 Å². The number of amides is 1. The zero-order chi connectivity index (χ0) is 14.6. The first-order valence-corrected chi connectivity index (χ1v) is 6.03. The molecule has 0 aliphatic heterocycles. The van der Waals surface area contributed by atoms with Gasteiger partial charge >= 0.3 is 6.09 Å². The molecule has 106 valence electrons. The molecule has 0 aromatic heterocycles. The van der Waals surface area contributed by atoms with Crippen molar-refractivity contribution in [2.75, 3.05) is 14.2 Å². The Morgan fingerprint density at radius 1 is 1.37 bits per heavy atom. The number of phenols is 1. The second-order valence-corrected chi connectivity index (χ2v) is 5.34. The molecule has 1 N–H and O–H groups in total. The zero-order valence-electron chi connectivity index (χ0n) is 12.1. The summed E-state index contributed by atoms with van der Waals surface area (Å²) in [6.07, 6.45) is -0.389. The Bertz CT molecular complexity index is 451. The van der Waals surface area contributed by atoms with Crippen molar-refractivity contribution < 1.29 is 19.4 Å². The van der Waals surface area contributed by atoms with Crippen LogP contribution in [-0.4, -0.2) is 35.9 Å². The van der Waals surface area contributed by atoms with Gasteiger partial charge in [-0.15, -0.1) is 0 Å². The Hall–Kier alpha value is -1.91. The molecule has 1 aromatic carbocycles. The molecule has 0 radical (unpaired) electrons. The monoisotopic (exact) mass is 267 g/mol. The second-order valence-electron chi connectivity index (χ2n) is 5.34. The fourth-order valence-electron chi connectivity index (χ4n) is 1.50. The Kier molecular flexibility index (Phi) is 4.64. The molecule has 0 spiro atoms. The number of ether oxygens (including phenoxy) is 2. The van der Waals surface area contributed by atoms with Gasteiger partial charge in [0.25, 0.3) is 0 Å². The number of hydrogen-bond donors (Lipinski definition) is 1. The standard InChI is InChI=1S/C14H21NO4/c1-14(2,3)19-13(17)15(4)9-10-6-7-11(16)12(8-10)18-5/h6-8,16H,9H2,1-5H3. The van der Waals surface area contributed by atoms with E-state index in [1.54, 1.807) is 19.2 Å². The van der Waals surface area contributed by atoms with Gasteiger partial charge in [0.1, 0.15) is 5.60 Å². The quantitative estimate of drug-likeness (QED) is 0.914. The third-order valence-electron chi connectivity index (χ3n) is 2.37. The van der Waals surface area contributed by atoms with Crippen LogP contribution in [0.4, 0.5) is 4.79 Å². The number of hydrogen-bond acceptors (Lipinski definition) is 4. The molecule has 5 heteroatoms. The molecule has 0 aliphatic rings. The van der Waals surface area contributed by atoms with Gasteiger partial charge in [-0.25, -0.2) is 4.79 Å². The fourth-order valence-corrected chi connectivity index (χ4v) is 1.50. The lowest BCUT2D eigenvalue weighted by atomic mass is 10.2. The molecule has 19 heavy (non-hydrogen) atoms. The molecule has 0 aliphatic carbocycles. The average Bonchev–Trinajstić information content (AvgIpc) is 2.29. The summed E-state index contributed by atoms with van der Waals surface area (Å²) < 4.78 is 10.3. The maximum absolute atomic E-state index is 11.8. The van der Waals surface area contributed by atoms with Crippen LogP contribution in [0.3, 0.4) is 0 Å². The molecule has 1 amide bonds. The minimum atomic E-state index is -0.516. The second kappa shape index (κ2) is 5.82.